The molecular formula is C22H20BrN3O5. The highest BCUT2D eigenvalue weighted by atomic mass is 79.9. The van der Waals surface area contributed by atoms with Crippen molar-refractivity contribution in [3.05, 3.63) is 81.8 Å². The molecule has 4 rings (SSSR count). The highest BCUT2D eigenvalue weighted by Crippen LogP contribution is 2.32. The summed E-state index contributed by atoms with van der Waals surface area (Å²) in [6.45, 7) is -0.243. The Bertz CT molecular complexity index is 1130. The van der Waals surface area contributed by atoms with Crippen LogP contribution >= 0.6 is 15.9 Å². The zero-order valence-corrected chi connectivity index (χ0v) is 17.9. The first-order chi connectivity index (χ1) is 15.0. The minimum Gasteiger partial charge on any atom is -0.479 e. The fraction of sp³-hybridized carbons (Fsp3) is 0.227. The summed E-state index contributed by atoms with van der Waals surface area (Å²) < 4.78 is 8.20. The molecule has 0 radical (unpaired) electrons. The first-order valence-electron chi connectivity index (χ1n) is 9.61. The molecule has 0 fully saturated rings. The number of hydrogen-bond acceptors (Lipinski definition) is 6. The van der Waals surface area contributed by atoms with Crippen LogP contribution in [0.2, 0.25) is 0 Å². The Balaban J connectivity index is 1.87. The van der Waals surface area contributed by atoms with Crippen molar-refractivity contribution in [3.63, 3.8) is 0 Å². The van der Waals surface area contributed by atoms with Crippen molar-refractivity contribution in [2.24, 2.45) is 4.99 Å². The number of benzene rings is 2. The summed E-state index contributed by atoms with van der Waals surface area (Å²) in [6.07, 6.45) is -1.50. The molecule has 0 spiro atoms. The molecule has 0 bridgehead atoms. The predicted molar refractivity (Wildman–Crippen MR) is 116 cm³/mol. The largest absolute Gasteiger partial charge is 0.479 e. The Hall–Kier alpha value is -2.85. The SMILES string of the molecule is O=C(O)C(O)C(OCCO)c1ncn2c1CN=C(c1ccccc1)c1cc(Br)ccc1-2. The van der Waals surface area contributed by atoms with E-state index in [9.17, 15) is 15.0 Å². The van der Waals surface area contributed by atoms with Crippen molar-refractivity contribution in [1.29, 1.82) is 0 Å². The molecule has 160 valence electrons. The van der Waals surface area contributed by atoms with Gasteiger partial charge in [0.05, 0.1) is 48.9 Å². The minimum absolute atomic E-state index is 0.136. The molecule has 2 unspecified atom stereocenters. The van der Waals surface area contributed by atoms with Gasteiger partial charge in [0, 0.05) is 15.6 Å². The van der Waals surface area contributed by atoms with Crippen LogP contribution in [0.4, 0.5) is 0 Å². The van der Waals surface area contributed by atoms with Gasteiger partial charge in [-0.2, -0.15) is 0 Å². The molecule has 8 nitrogen and oxygen atoms in total. The van der Waals surface area contributed by atoms with Crippen LogP contribution in [-0.2, 0) is 16.1 Å². The number of carbonyl (C=O) groups is 1. The van der Waals surface area contributed by atoms with E-state index in [1.165, 1.54) is 0 Å². The number of halogens is 1. The van der Waals surface area contributed by atoms with Gasteiger partial charge in [-0.05, 0) is 18.2 Å². The average molecular weight is 486 g/mol. The van der Waals surface area contributed by atoms with Crippen molar-refractivity contribution >= 4 is 27.6 Å². The quantitative estimate of drug-likeness (QED) is 0.473. The maximum Gasteiger partial charge on any atom is 0.335 e. The number of rotatable bonds is 7. The lowest BCUT2D eigenvalue weighted by Gasteiger charge is -2.20. The van der Waals surface area contributed by atoms with Crippen molar-refractivity contribution in [2.45, 2.75) is 18.8 Å². The zero-order chi connectivity index (χ0) is 22.0. The summed E-state index contributed by atoms with van der Waals surface area (Å²) >= 11 is 3.53. The van der Waals surface area contributed by atoms with Gasteiger partial charge in [-0.1, -0.05) is 46.3 Å². The Morgan fingerprint density at radius 3 is 2.71 bits per heavy atom. The van der Waals surface area contributed by atoms with Gasteiger partial charge in [-0.25, -0.2) is 9.78 Å². The molecular weight excluding hydrogens is 466 g/mol. The number of aliphatic hydroxyl groups is 2. The smallest absolute Gasteiger partial charge is 0.335 e. The molecule has 0 aliphatic carbocycles. The number of fused-ring (bicyclic) bond motifs is 3. The third kappa shape index (κ3) is 4.17. The first-order valence-corrected chi connectivity index (χ1v) is 10.4. The number of aliphatic hydroxyl groups excluding tert-OH is 2. The van der Waals surface area contributed by atoms with Crippen LogP contribution in [0.3, 0.4) is 0 Å². The molecule has 0 amide bonds. The minimum atomic E-state index is -1.84. The molecule has 1 aliphatic rings. The number of imidazole rings is 1. The van der Waals surface area contributed by atoms with Gasteiger partial charge < -0.3 is 24.6 Å². The molecule has 3 N–H and O–H groups in total. The molecule has 1 aromatic heterocycles. The normalized spacial score (nSPS) is 14.7. The summed E-state index contributed by atoms with van der Waals surface area (Å²) in [5.74, 6) is -1.43. The number of carboxylic acids is 1. The number of carboxylic acid groups (broad SMARTS) is 1. The standard InChI is InChI=1S/C22H20BrN3O5/c23-14-6-7-16-15(10-14)18(13-4-2-1-3-5-13)24-11-17-19(25-12-26(16)17)21(31-9-8-27)20(28)22(29)30/h1-7,10,12,20-21,27-28H,8-9,11H2,(H,29,30). The summed E-state index contributed by atoms with van der Waals surface area (Å²) in [4.78, 5) is 20.6. The van der Waals surface area contributed by atoms with Crippen LogP contribution in [0.5, 0.6) is 0 Å². The molecule has 0 saturated carbocycles. The van der Waals surface area contributed by atoms with Gasteiger partial charge in [0.2, 0.25) is 0 Å². The third-order valence-corrected chi connectivity index (χ3v) is 5.50. The Kier molecular flexibility index (Phi) is 6.28. The number of nitrogens with zero attached hydrogens (tertiary/aromatic N) is 3. The third-order valence-electron chi connectivity index (χ3n) is 5.00. The molecule has 2 aromatic carbocycles. The van der Waals surface area contributed by atoms with Gasteiger partial charge in [0.15, 0.2) is 6.10 Å². The number of aromatic nitrogens is 2. The molecule has 9 heteroatoms. The number of hydrogen-bond donors (Lipinski definition) is 3. The van der Waals surface area contributed by atoms with Crippen LogP contribution in [0.25, 0.3) is 5.69 Å². The molecule has 3 aromatic rings. The van der Waals surface area contributed by atoms with Gasteiger partial charge in [0.25, 0.3) is 0 Å². The van der Waals surface area contributed by atoms with Crippen molar-refractivity contribution < 1.29 is 24.9 Å². The van der Waals surface area contributed by atoms with E-state index in [2.05, 4.69) is 20.9 Å². The zero-order valence-electron chi connectivity index (χ0n) is 16.3. The Morgan fingerprint density at radius 2 is 2.00 bits per heavy atom. The fourth-order valence-electron chi connectivity index (χ4n) is 3.61. The second kappa shape index (κ2) is 9.11. The van der Waals surface area contributed by atoms with E-state index in [1.54, 1.807) is 6.33 Å². The van der Waals surface area contributed by atoms with Gasteiger partial charge in [-0.3, -0.25) is 4.99 Å². The maximum atomic E-state index is 11.4. The highest BCUT2D eigenvalue weighted by Gasteiger charge is 2.34. The van der Waals surface area contributed by atoms with Gasteiger partial charge >= 0.3 is 5.97 Å². The molecule has 31 heavy (non-hydrogen) atoms. The number of ether oxygens (including phenoxy) is 1. The van der Waals surface area contributed by atoms with Gasteiger partial charge in [-0.15, -0.1) is 0 Å². The van der Waals surface area contributed by atoms with Crippen LogP contribution < -0.4 is 0 Å². The van der Waals surface area contributed by atoms with Crippen LogP contribution in [0, 0.1) is 0 Å². The van der Waals surface area contributed by atoms with Crippen LogP contribution in [0.15, 0.2) is 64.3 Å². The molecule has 2 atom stereocenters. The second-order valence-corrected chi connectivity index (χ2v) is 7.85. The lowest BCUT2D eigenvalue weighted by Crippen LogP contribution is -2.31. The summed E-state index contributed by atoms with van der Waals surface area (Å²) in [7, 11) is 0. The summed E-state index contributed by atoms with van der Waals surface area (Å²) in [6, 6.07) is 15.6. The van der Waals surface area contributed by atoms with Crippen LogP contribution in [-0.4, -0.2) is 55.9 Å². The monoisotopic (exact) mass is 485 g/mol. The van der Waals surface area contributed by atoms with Crippen molar-refractivity contribution in [3.8, 4) is 5.69 Å². The average Bonchev–Trinajstić information content (AvgIpc) is 3.11. The fourth-order valence-corrected chi connectivity index (χ4v) is 3.97. The van der Waals surface area contributed by atoms with Gasteiger partial charge in [0.1, 0.15) is 6.10 Å². The predicted octanol–water partition coefficient (Wildman–Crippen LogP) is 2.48. The maximum absolute atomic E-state index is 11.4. The summed E-state index contributed by atoms with van der Waals surface area (Å²) in [5, 5.41) is 28.7. The molecule has 0 saturated heterocycles. The van der Waals surface area contributed by atoms with Crippen LogP contribution in [0.1, 0.15) is 28.6 Å². The number of aliphatic carboxylic acids is 1. The first kappa shape index (κ1) is 21.4. The number of aliphatic imine (C=N–C) groups is 1. The van der Waals surface area contributed by atoms with E-state index >= 15 is 0 Å². The highest BCUT2D eigenvalue weighted by molar-refractivity contribution is 9.10. The van der Waals surface area contributed by atoms with E-state index in [0.717, 1.165) is 27.0 Å². The van der Waals surface area contributed by atoms with E-state index in [4.69, 9.17) is 14.8 Å². The molecule has 1 aliphatic heterocycles. The summed E-state index contributed by atoms with van der Waals surface area (Å²) in [5.41, 5.74) is 4.32. The second-order valence-electron chi connectivity index (χ2n) is 6.94. The molecule has 2 heterocycles. The Morgan fingerprint density at radius 1 is 1.23 bits per heavy atom. The van der Waals surface area contributed by atoms with Crippen molar-refractivity contribution in [1.82, 2.24) is 9.55 Å². The lowest BCUT2D eigenvalue weighted by atomic mass is 10.0. The lowest BCUT2D eigenvalue weighted by molar-refractivity contribution is -0.157. The van der Waals surface area contributed by atoms with E-state index < -0.39 is 18.2 Å². The topological polar surface area (TPSA) is 117 Å². The van der Waals surface area contributed by atoms with E-state index in [1.807, 2.05) is 53.1 Å². The van der Waals surface area contributed by atoms with E-state index in [0.29, 0.717) is 5.69 Å². The van der Waals surface area contributed by atoms with Crippen molar-refractivity contribution in [2.75, 3.05) is 13.2 Å². The Labute approximate surface area is 186 Å². The van der Waals surface area contributed by atoms with E-state index in [-0.39, 0.29) is 25.5 Å².